The van der Waals surface area contributed by atoms with Crippen molar-refractivity contribution in [3.8, 4) is 0 Å². The molecule has 4 N–H and O–H groups in total. The highest BCUT2D eigenvalue weighted by Crippen LogP contribution is 2.61. The molecule has 3 heterocycles. The number of anilines is 2. The average Bonchev–Trinajstić information content (AvgIpc) is 3.49. The Bertz CT molecular complexity index is 1640. The van der Waals surface area contributed by atoms with Crippen LogP contribution >= 0.6 is 23.2 Å². The molecule has 204 valence electrons. The number of aliphatic imine (C=N–C) groups is 1. The number of rotatable bonds is 5. The average molecular weight is 579 g/mol. The number of nitrogens with zero attached hydrogens (tertiary/aromatic N) is 2. The largest absolute Gasteiger partial charge is 0.478 e. The predicted octanol–water partition coefficient (Wildman–Crippen LogP) is 5.70. The van der Waals surface area contributed by atoms with Gasteiger partial charge in [0.1, 0.15) is 11.4 Å². The molecule has 1 saturated heterocycles. The minimum atomic E-state index is -1.21. The van der Waals surface area contributed by atoms with Gasteiger partial charge >= 0.3 is 5.97 Å². The maximum Gasteiger partial charge on any atom is 0.335 e. The summed E-state index contributed by atoms with van der Waals surface area (Å²) in [6, 6.07) is 14.2. The molecule has 3 aromatic rings. The minimum Gasteiger partial charge on any atom is -0.478 e. The third-order valence-electron chi connectivity index (χ3n) is 8.81. The molecule has 7 rings (SSSR count). The highest BCUT2D eigenvalue weighted by atomic mass is 35.5. The Kier molecular flexibility index (Phi) is 5.75. The molecule has 1 amide bonds. The zero-order chi connectivity index (χ0) is 27.9. The molecular weight excluding hydrogens is 554 g/mol. The smallest absolute Gasteiger partial charge is 0.335 e. The summed E-state index contributed by atoms with van der Waals surface area (Å²) in [5.41, 5.74) is 8.55. The number of nitrogens with one attached hydrogen (secondary N) is 1. The first-order chi connectivity index (χ1) is 19.2. The normalized spacial score (nSPS) is 27.0. The highest BCUT2D eigenvalue weighted by molar-refractivity contribution is 6.31. The van der Waals surface area contributed by atoms with Crippen LogP contribution in [0.2, 0.25) is 10.0 Å². The number of nitrogen functional groups attached to an aromatic ring is 1. The van der Waals surface area contributed by atoms with Crippen molar-refractivity contribution in [2.75, 3.05) is 17.6 Å². The number of aromatic carboxylic acids is 1. The third kappa shape index (κ3) is 3.62. The van der Waals surface area contributed by atoms with Crippen LogP contribution in [0.1, 0.15) is 52.2 Å². The lowest BCUT2D eigenvalue weighted by Crippen LogP contribution is -2.53. The van der Waals surface area contributed by atoms with Crippen molar-refractivity contribution in [1.82, 2.24) is 4.90 Å². The second kappa shape index (κ2) is 9.03. The molecule has 0 bridgehead atoms. The van der Waals surface area contributed by atoms with Gasteiger partial charge in [-0.2, -0.15) is 0 Å². The molecular formula is C30H25Cl2FN4O3. The van der Waals surface area contributed by atoms with Crippen LogP contribution in [-0.2, 0) is 10.3 Å². The van der Waals surface area contributed by atoms with E-state index in [-0.39, 0.29) is 22.5 Å². The van der Waals surface area contributed by atoms with Crippen molar-refractivity contribution in [2.24, 2.45) is 10.9 Å². The van der Waals surface area contributed by atoms with E-state index in [4.69, 9.17) is 33.9 Å². The number of halogens is 3. The van der Waals surface area contributed by atoms with Gasteiger partial charge in [0.25, 0.3) is 0 Å². The number of hydrogen-bond donors (Lipinski definition) is 3. The van der Waals surface area contributed by atoms with Crippen LogP contribution in [-0.4, -0.2) is 46.2 Å². The summed E-state index contributed by atoms with van der Waals surface area (Å²) in [5, 5.41) is 12.9. The predicted molar refractivity (Wildman–Crippen MR) is 152 cm³/mol. The second-order valence-electron chi connectivity index (χ2n) is 11.1. The van der Waals surface area contributed by atoms with E-state index in [2.05, 4.69) is 10.2 Å². The van der Waals surface area contributed by atoms with E-state index in [1.807, 2.05) is 6.07 Å². The molecule has 2 fully saturated rings. The molecule has 1 saturated carbocycles. The van der Waals surface area contributed by atoms with Gasteiger partial charge in [0.05, 0.1) is 16.6 Å². The van der Waals surface area contributed by atoms with Gasteiger partial charge in [-0.15, -0.1) is 0 Å². The van der Waals surface area contributed by atoms with E-state index in [9.17, 15) is 14.7 Å². The van der Waals surface area contributed by atoms with Crippen LogP contribution in [0.4, 0.5) is 15.8 Å². The van der Waals surface area contributed by atoms with Crippen molar-refractivity contribution in [3.63, 3.8) is 0 Å². The van der Waals surface area contributed by atoms with Crippen molar-refractivity contribution in [1.29, 1.82) is 0 Å². The minimum absolute atomic E-state index is 0.0183. The van der Waals surface area contributed by atoms with Crippen molar-refractivity contribution >= 4 is 52.2 Å². The molecule has 7 nitrogen and oxygen atoms in total. The quantitative estimate of drug-likeness (QED) is 0.336. The lowest BCUT2D eigenvalue weighted by molar-refractivity contribution is -0.128. The van der Waals surface area contributed by atoms with Crippen LogP contribution < -0.4 is 11.1 Å². The first kappa shape index (κ1) is 25.5. The molecule has 0 unspecified atom stereocenters. The van der Waals surface area contributed by atoms with E-state index in [1.165, 1.54) is 18.2 Å². The summed E-state index contributed by atoms with van der Waals surface area (Å²) in [7, 11) is 0. The number of benzene rings is 3. The summed E-state index contributed by atoms with van der Waals surface area (Å²) in [5.74, 6) is -2.12. The van der Waals surface area contributed by atoms with Crippen molar-refractivity contribution in [3.05, 3.63) is 92.7 Å². The standard InChI is InChI=1S/C30H25Cl2FN4O3/c31-16-7-9-19-23(11-16)36-29(40)30(19)25(18-2-1-3-20(32)26(18)33)27-24(37(30)13-14-4-5-14)12-22(35-27)17-8-6-15(28(38)39)10-21(17)34/h1-3,6-11,14,24-25,27H,4-5,12-13,34H2,(H,36,40)(H,38,39)/t24-,25-,27+,30+/m0/s1. The number of carbonyl (C=O) groups is 2. The molecule has 1 aliphatic carbocycles. The Hall–Kier alpha value is -3.46. The van der Waals surface area contributed by atoms with Gasteiger partial charge in [-0.3, -0.25) is 14.7 Å². The van der Waals surface area contributed by atoms with E-state index < -0.39 is 29.3 Å². The van der Waals surface area contributed by atoms with Gasteiger partial charge in [-0.25, -0.2) is 9.18 Å². The lowest BCUT2D eigenvalue weighted by Gasteiger charge is -2.40. The van der Waals surface area contributed by atoms with Gasteiger partial charge in [0, 0.05) is 58.2 Å². The van der Waals surface area contributed by atoms with Gasteiger partial charge in [-0.05, 0) is 54.7 Å². The Balaban J connectivity index is 1.45. The van der Waals surface area contributed by atoms with Crippen molar-refractivity contribution < 1.29 is 19.1 Å². The monoisotopic (exact) mass is 578 g/mol. The van der Waals surface area contributed by atoms with E-state index in [0.29, 0.717) is 52.1 Å². The number of likely N-dealkylation sites (tertiary alicyclic amines) is 1. The summed E-state index contributed by atoms with van der Waals surface area (Å²) < 4.78 is 15.9. The fourth-order valence-corrected chi connectivity index (χ4v) is 7.32. The summed E-state index contributed by atoms with van der Waals surface area (Å²) in [6.07, 6.45) is 2.60. The number of fused-ring (bicyclic) bond motifs is 3. The Morgan fingerprint density at radius 1 is 1.18 bits per heavy atom. The second-order valence-corrected chi connectivity index (χ2v) is 11.9. The number of amides is 1. The third-order valence-corrected chi connectivity index (χ3v) is 9.34. The Morgan fingerprint density at radius 2 is 1.98 bits per heavy atom. The van der Waals surface area contributed by atoms with Gasteiger partial charge in [0.15, 0.2) is 0 Å². The molecule has 40 heavy (non-hydrogen) atoms. The fraction of sp³-hybridized carbons (Fsp3) is 0.300. The molecule has 3 aromatic carbocycles. The maximum absolute atomic E-state index is 15.9. The molecule has 1 spiro atoms. The molecule has 10 heteroatoms. The summed E-state index contributed by atoms with van der Waals surface area (Å²) in [4.78, 5) is 33.1. The van der Waals surface area contributed by atoms with Gasteiger partial charge < -0.3 is 16.2 Å². The first-order valence-corrected chi connectivity index (χ1v) is 14.0. The molecule has 0 radical (unpaired) electrons. The van der Waals surface area contributed by atoms with E-state index in [0.717, 1.165) is 18.4 Å². The SMILES string of the molecule is Nc1cc(C(=O)O)ccc1C1=N[C@@H]2[C@H](C1)N(CC1CC1)[C@@]1(C(=O)Nc3cc(Cl)ccc31)[C@H]2c1cccc(Cl)c1F. The summed E-state index contributed by atoms with van der Waals surface area (Å²) >= 11 is 12.6. The zero-order valence-electron chi connectivity index (χ0n) is 21.2. The topological polar surface area (TPSA) is 108 Å². The zero-order valence-corrected chi connectivity index (χ0v) is 22.7. The molecule has 3 aliphatic heterocycles. The lowest BCUT2D eigenvalue weighted by atomic mass is 9.73. The Morgan fingerprint density at radius 3 is 2.70 bits per heavy atom. The number of nitrogens with two attached hydrogens (primary N) is 1. The molecule has 0 aromatic heterocycles. The number of hydrogen-bond acceptors (Lipinski definition) is 5. The van der Waals surface area contributed by atoms with Gasteiger partial charge in [0.2, 0.25) is 5.91 Å². The number of carboxylic acids is 1. The van der Waals surface area contributed by atoms with Crippen LogP contribution in [0.3, 0.4) is 0 Å². The number of carbonyl (C=O) groups excluding carboxylic acids is 1. The highest BCUT2D eigenvalue weighted by Gasteiger charge is 2.68. The van der Waals surface area contributed by atoms with E-state index in [1.54, 1.807) is 30.3 Å². The van der Waals surface area contributed by atoms with Crippen LogP contribution in [0.5, 0.6) is 0 Å². The molecule has 4 atom stereocenters. The number of carboxylic acid groups (broad SMARTS) is 1. The molecule has 4 aliphatic rings. The Labute approximate surface area is 239 Å². The van der Waals surface area contributed by atoms with Crippen LogP contribution in [0.25, 0.3) is 0 Å². The summed E-state index contributed by atoms with van der Waals surface area (Å²) in [6.45, 7) is 0.658. The van der Waals surface area contributed by atoms with Gasteiger partial charge in [-0.1, -0.05) is 47.5 Å². The van der Waals surface area contributed by atoms with E-state index >= 15 is 4.39 Å². The van der Waals surface area contributed by atoms with Crippen molar-refractivity contribution in [2.45, 2.75) is 42.8 Å². The van der Waals surface area contributed by atoms with Crippen LogP contribution in [0, 0.1) is 11.7 Å². The first-order valence-electron chi connectivity index (χ1n) is 13.2. The maximum atomic E-state index is 15.9. The van der Waals surface area contributed by atoms with Crippen LogP contribution in [0.15, 0.2) is 59.6 Å². The fourth-order valence-electron chi connectivity index (χ4n) is 6.97.